The number of hydrogen-bond acceptors (Lipinski definition) is 3. The van der Waals surface area contributed by atoms with Crippen LogP contribution >= 0.6 is 0 Å². The summed E-state index contributed by atoms with van der Waals surface area (Å²) in [7, 11) is 0. The highest BCUT2D eigenvalue weighted by molar-refractivity contribution is 5.87. The molecule has 0 aromatic rings. The van der Waals surface area contributed by atoms with E-state index in [2.05, 4.69) is 0 Å². The Balaban J connectivity index is 3.57. The van der Waals surface area contributed by atoms with Crippen molar-refractivity contribution in [3.05, 3.63) is 0 Å². The predicted octanol–water partition coefficient (Wildman–Crippen LogP) is -0.341. The van der Waals surface area contributed by atoms with Crippen LogP contribution in [0.2, 0.25) is 0 Å². The van der Waals surface area contributed by atoms with Crippen molar-refractivity contribution in [1.29, 1.82) is 10.8 Å². The Labute approximate surface area is 40.8 Å². The zero-order chi connectivity index (χ0) is 5.70. The fourth-order valence-electron chi connectivity index (χ4n) is 0.0981. The summed E-state index contributed by atoms with van der Waals surface area (Å²) >= 11 is 0. The summed E-state index contributed by atoms with van der Waals surface area (Å²) in [5, 5.41) is 12.8. The molecular formula is C3H5N3O. The van der Waals surface area contributed by atoms with E-state index in [4.69, 9.17) is 10.8 Å². The molecular weight excluding hydrogens is 94.1 g/mol. The molecule has 0 saturated carbocycles. The summed E-state index contributed by atoms with van der Waals surface area (Å²) in [6.07, 6.45) is 1.88. The van der Waals surface area contributed by atoms with E-state index in [1.807, 2.05) is 0 Å². The molecule has 0 bridgehead atoms. The van der Waals surface area contributed by atoms with Gasteiger partial charge in [-0.25, -0.2) is 0 Å². The van der Waals surface area contributed by atoms with Gasteiger partial charge in [0.2, 0.25) is 6.41 Å². The molecule has 0 rings (SSSR count). The van der Waals surface area contributed by atoms with Gasteiger partial charge in [-0.15, -0.1) is 0 Å². The van der Waals surface area contributed by atoms with Crippen molar-refractivity contribution in [1.82, 2.24) is 4.90 Å². The molecule has 2 N–H and O–H groups in total. The second-order valence-corrected chi connectivity index (χ2v) is 0.811. The van der Waals surface area contributed by atoms with Crippen molar-refractivity contribution in [2.24, 2.45) is 0 Å². The van der Waals surface area contributed by atoms with Crippen LogP contribution in [-0.2, 0) is 4.79 Å². The van der Waals surface area contributed by atoms with E-state index in [1.165, 1.54) is 0 Å². The highest BCUT2D eigenvalue weighted by Crippen LogP contribution is 1.60. The number of nitrogens with zero attached hydrogens (tertiary/aromatic N) is 1. The smallest absolute Gasteiger partial charge is 0.220 e. The molecule has 0 aliphatic rings. The minimum Gasteiger partial charge on any atom is -0.291 e. The lowest BCUT2D eigenvalue weighted by molar-refractivity contribution is -0.112. The second kappa shape index (κ2) is 3.02. The van der Waals surface area contributed by atoms with E-state index < -0.39 is 0 Å². The van der Waals surface area contributed by atoms with Gasteiger partial charge in [0, 0.05) is 0 Å². The van der Waals surface area contributed by atoms with Gasteiger partial charge in [-0.05, 0) is 0 Å². The molecule has 0 heterocycles. The molecule has 4 nitrogen and oxygen atoms in total. The van der Waals surface area contributed by atoms with Gasteiger partial charge in [0.05, 0.1) is 12.7 Å². The van der Waals surface area contributed by atoms with Crippen molar-refractivity contribution >= 4 is 19.1 Å². The first-order valence-electron chi connectivity index (χ1n) is 1.59. The van der Waals surface area contributed by atoms with E-state index in [0.29, 0.717) is 6.41 Å². The number of hydrogen-bond donors (Lipinski definition) is 2. The van der Waals surface area contributed by atoms with Crippen molar-refractivity contribution in [2.75, 3.05) is 0 Å². The molecule has 0 aliphatic carbocycles. The van der Waals surface area contributed by atoms with Crippen molar-refractivity contribution < 1.29 is 4.79 Å². The van der Waals surface area contributed by atoms with Gasteiger partial charge in [0.15, 0.2) is 0 Å². The quantitative estimate of drug-likeness (QED) is 0.283. The third-order valence-corrected chi connectivity index (χ3v) is 0.420. The van der Waals surface area contributed by atoms with Crippen LogP contribution in [0.4, 0.5) is 0 Å². The molecule has 4 heteroatoms. The molecule has 0 fully saturated rings. The number of carbonyl (C=O) groups excluding carboxylic acids is 1. The Morgan fingerprint density at radius 3 is 1.71 bits per heavy atom. The van der Waals surface area contributed by atoms with Gasteiger partial charge in [-0.1, -0.05) is 0 Å². The molecule has 0 aliphatic heterocycles. The van der Waals surface area contributed by atoms with Crippen LogP contribution in [0.3, 0.4) is 0 Å². The van der Waals surface area contributed by atoms with Crippen LogP contribution < -0.4 is 0 Å². The van der Waals surface area contributed by atoms with Gasteiger partial charge >= 0.3 is 0 Å². The van der Waals surface area contributed by atoms with Gasteiger partial charge in [-0.2, -0.15) is 0 Å². The summed E-state index contributed by atoms with van der Waals surface area (Å²) in [6, 6.07) is 0. The van der Waals surface area contributed by atoms with Crippen LogP contribution in [0.15, 0.2) is 0 Å². The van der Waals surface area contributed by atoms with Crippen LogP contribution in [0.25, 0.3) is 0 Å². The van der Waals surface area contributed by atoms with E-state index >= 15 is 0 Å². The Hall–Kier alpha value is -1.19. The van der Waals surface area contributed by atoms with E-state index in [1.54, 1.807) is 0 Å². The maximum absolute atomic E-state index is 9.59. The molecule has 0 saturated heterocycles. The zero-order valence-corrected chi connectivity index (χ0v) is 3.59. The van der Waals surface area contributed by atoms with Gasteiger partial charge in [-0.3, -0.25) is 20.5 Å². The molecule has 0 spiro atoms. The average Bonchev–Trinajstić information content (AvgIpc) is 1.72. The zero-order valence-electron chi connectivity index (χ0n) is 3.59. The summed E-state index contributed by atoms with van der Waals surface area (Å²) in [6.45, 7) is 0. The van der Waals surface area contributed by atoms with E-state index in [9.17, 15) is 4.79 Å². The van der Waals surface area contributed by atoms with E-state index in [-0.39, 0.29) is 0 Å². The molecule has 7 heavy (non-hydrogen) atoms. The topological polar surface area (TPSA) is 68.0 Å². The SMILES string of the molecule is N=CN(C=N)C=O. The standard InChI is InChI=1S/C3H5N3O/c4-1-6(2-5)3-7/h1-5H. The average molecular weight is 99.1 g/mol. The number of carbonyl (C=O) groups is 1. The molecule has 0 unspecified atom stereocenters. The highest BCUT2D eigenvalue weighted by Gasteiger charge is 1.82. The number of rotatable bonds is 3. The predicted molar refractivity (Wildman–Crippen MR) is 25.5 cm³/mol. The largest absolute Gasteiger partial charge is 0.291 e. The first-order valence-corrected chi connectivity index (χ1v) is 1.59. The summed E-state index contributed by atoms with van der Waals surface area (Å²) < 4.78 is 0. The molecule has 0 radical (unpaired) electrons. The Morgan fingerprint density at radius 1 is 1.29 bits per heavy atom. The molecule has 38 valence electrons. The Kier molecular flexibility index (Phi) is 2.50. The fourth-order valence-corrected chi connectivity index (χ4v) is 0.0981. The lowest BCUT2D eigenvalue weighted by atomic mass is 10.9. The van der Waals surface area contributed by atoms with Gasteiger partial charge < -0.3 is 0 Å². The lowest BCUT2D eigenvalue weighted by Crippen LogP contribution is -2.15. The molecule has 1 amide bonds. The van der Waals surface area contributed by atoms with Crippen LogP contribution in [0.1, 0.15) is 0 Å². The van der Waals surface area contributed by atoms with Crippen molar-refractivity contribution in [3.63, 3.8) is 0 Å². The van der Waals surface area contributed by atoms with Gasteiger partial charge in [0.25, 0.3) is 0 Å². The number of nitrogens with one attached hydrogen (secondary N) is 2. The monoisotopic (exact) mass is 99.0 g/mol. The van der Waals surface area contributed by atoms with Crippen molar-refractivity contribution in [2.45, 2.75) is 0 Å². The first-order chi connectivity index (χ1) is 3.35. The normalized spacial score (nSPS) is 6.86. The lowest BCUT2D eigenvalue weighted by Gasteiger charge is -1.95. The summed E-state index contributed by atoms with van der Waals surface area (Å²) in [4.78, 5) is 10.4. The minimum atomic E-state index is 0.375. The molecule has 0 aromatic carbocycles. The maximum atomic E-state index is 9.59. The molecule has 0 atom stereocenters. The van der Waals surface area contributed by atoms with Crippen LogP contribution in [0.5, 0.6) is 0 Å². The van der Waals surface area contributed by atoms with Crippen LogP contribution in [-0.4, -0.2) is 24.0 Å². The summed E-state index contributed by atoms with van der Waals surface area (Å²) in [5.74, 6) is 0. The first kappa shape index (κ1) is 5.81. The highest BCUT2D eigenvalue weighted by atomic mass is 16.1. The Morgan fingerprint density at radius 2 is 1.71 bits per heavy atom. The third-order valence-electron chi connectivity index (χ3n) is 0.420. The second-order valence-electron chi connectivity index (χ2n) is 0.811. The minimum absolute atomic E-state index is 0.375. The van der Waals surface area contributed by atoms with Crippen LogP contribution in [0, 0.1) is 10.8 Å². The fraction of sp³-hybridized carbons (Fsp3) is 0. The van der Waals surface area contributed by atoms with Crippen molar-refractivity contribution in [3.8, 4) is 0 Å². The van der Waals surface area contributed by atoms with E-state index in [0.717, 1.165) is 17.6 Å². The molecule has 0 aromatic heterocycles. The third kappa shape index (κ3) is 1.64. The summed E-state index contributed by atoms with van der Waals surface area (Å²) in [5.41, 5.74) is 0. The number of amides is 1. The maximum Gasteiger partial charge on any atom is 0.220 e. The van der Waals surface area contributed by atoms with Gasteiger partial charge in [0.1, 0.15) is 0 Å². The Bertz CT molecular complexity index is 71.2.